The molecule has 0 radical (unpaired) electrons. The molecule has 2 heterocycles. The Bertz CT molecular complexity index is 423. The molecule has 2 rings (SSSR count). The Morgan fingerprint density at radius 2 is 1.93 bits per heavy atom. The molecule has 3 nitrogen and oxygen atoms in total. The minimum absolute atomic E-state index is 0.841. The molecule has 0 aromatic carbocycles. The van der Waals surface area contributed by atoms with Gasteiger partial charge in [0, 0.05) is 23.0 Å². The van der Waals surface area contributed by atoms with Gasteiger partial charge in [-0.15, -0.1) is 0 Å². The van der Waals surface area contributed by atoms with E-state index >= 15 is 0 Å². The van der Waals surface area contributed by atoms with Crippen LogP contribution >= 0.6 is 0 Å². The van der Waals surface area contributed by atoms with Gasteiger partial charge in [-0.3, -0.25) is 4.98 Å². The molecule has 14 heavy (non-hydrogen) atoms. The molecule has 0 aliphatic heterocycles. The van der Waals surface area contributed by atoms with Gasteiger partial charge < -0.3 is 4.52 Å². The predicted octanol–water partition coefficient (Wildman–Crippen LogP) is 2.66. The van der Waals surface area contributed by atoms with E-state index in [2.05, 4.69) is 10.1 Å². The zero-order chi connectivity index (χ0) is 10.1. The molecule has 0 unspecified atom stereocenters. The lowest BCUT2D eigenvalue weighted by molar-refractivity contribution is 0.393. The third kappa shape index (κ3) is 1.41. The molecule has 0 N–H and O–H groups in total. The summed E-state index contributed by atoms with van der Waals surface area (Å²) in [5.41, 5.74) is 4.04. The fraction of sp³-hybridized carbons (Fsp3) is 0.273. The number of pyridine rings is 1. The quantitative estimate of drug-likeness (QED) is 0.690. The molecule has 0 aliphatic carbocycles. The monoisotopic (exact) mass is 188 g/mol. The topological polar surface area (TPSA) is 38.9 Å². The number of hydrogen-bond acceptors (Lipinski definition) is 3. The fourth-order valence-electron chi connectivity index (χ4n) is 1.51. The lowest BCUT2D eigenvalue weighted by atomic mass is 10.1. The van der Waals surface area contributed by atoms with Gasteiger partial charge in [0.05, 0.1) is 5.69 Å². The Labute approximate surface area is 82.8 Å². The van der Waals surface area contributed by atoms with Gasteiger partial charge in [-0.2, -0.15) is 0 Å². The number of aryl methyl sites for hydroxylation is 3. The second kappa shape index (κ2) is 3.25. The molecule has 0 bridgehead atoms. The van der Waals surface area contributed by atoms with Crippen LogP contribution in [0.5, 0.6) is 0 Å². The van der Waals surface area contributed by atoms with Gasteiger partial charge in [0.2, 0.25) is 0 Å². The SMILES string of the molecule is Cc1ccc(-c2c(C)noc2C)cn1. The van der Waals surface area contributed by atoms with Crippen molar-refractivity contribution in [1.82, 2.24) is 10.1 Å². The highest BCUT2D eigenvalue weighted by Crippen LogP contribution is 2.25. The van der Waals surface area contributed by atoms with Gasteiger partial charge in [-0.05, 0) is 26.8 Å². The van der Waals surface area contributed by atoms with Crippen LogP contribution in [0.25, 0.3) is 11.1 Å². The highest BCUT2D eigenvalue weighted by atomic mass is 16.5. The van der Waals surface area contributed by atoms with Crippen molar-refractivity contribution < 1.29 is 4.52 Å². The van der Waals surface area contributed by atoms with Gasteiger partial charge >= 0.3 is 0 Å². The molecule has 0 amide bonds. The van der Waals surface area contributed by atoms with Gasteiger partial charge in [-0.1, -0.05) is 11.2 Å². The smallest absolute Gasteiger partial charge is 0.141 e. The minimum Gasteiger partial charge on any atom is -0.361 e. The van der Waals surface area contributed by atoms with Crippen molar-refractivity contribution >= 4 is 0 Å². The van der Waals surface area contributed by atoms with E-state index in [0.29, 0.717) is 0 Å². The molecular weight excluding hydrogens is 176 g/mol. The minimum atomic E-state index is 0.841. The normalized spacial score (nSPS) is 10.5. The summed E-state index contributed by atoms with van der Waals surface area (Å²) in [6.45, 7) is 5.82. The number of rotatable bonds is 1. The van der Waals surface area contributed by atoms with E-state index < -0.39 is 0 Å². The molecule has 0 spiro atoms. The van der Waals surface area contributed by atoms with Crippen LogP contribution < -0.4 is 0 Å². The van der Waals surface area contributed by atoms with Crippen LogP contribution in [0.4, 0.5) is 0 Å². The Morgan fingerprint density at radius 1 is 1.14 bits per heavy atom. The van der Waals surface area contributed by atoms with E-state index in [-0.39, 0.29) is 0 Å². The van der Waals surface area contributed by atoms with E-state index in [0.717, 1.165) is 28.3 Å². The van der Waals surface area contributed by atoms with Crippen molar-refractivity contribution in [2.75, 3.05) is 0 Å². The molecular formula is C11H12N2O. The van der Waals surface area contributed by atoms with Gasteiger partial charge in [-0.25, -0.2) is 0 Å². The number of hydrogen-bond donors (Lipinski definition) is 0. The first-order valence-electron chi connectivity index (χ1n) is 4.54. The average molecular weight is 188 g/mol. The van der Waals surface area contributed by atoms with Crippen molar-refractivity contribution in [3.8, 4) is 11.1 Å². The summed E-state index contributed by atoms with van der Waals surface area (Å²) in [6, 6.07) is 4.02. The molecule has 0 fully saturated rings. The van der Waals surface area contributed by atoms with Crippen LogP contribution in [-0.2, 0) is 0 Å². The van der Waals surface area contributed by atoms with Crippen LogP contribution in [0.15, 0.2) is 22.9 Å². The molecule has 2 aromatic rings. The zero-order valence-corrected chi connectivity index (χ0v) is 8.53. The Hall–Kier alpha value is -1.64. The summed E-state index contributed by atoms with van der Waals surface area (Å²) in [7, 11) is 0. The zero-order valence-electron chi connectivity index (χ0n) is 8.53. The first kappa shape index (κ1) is 8.94. The maximum absolute atomic E-state index is 5.10. The summed E-state index contributed by atoms with van der Waals surface area (Å²) in [5, 5.41) is 3.91. The highest BCUT2D eigenvalue weighted by Gasteiger charge is 2.10. The van der Waals surface area contributed by atoms with E-state index in [1.54, 1.807) is 0 Å². The summed E-state index contributed by atoms with van der Waals surface area (Å²) in [5.74, 6) is 0.841. The third-order valence-electron chi connectivity index (χ3n) is 2.23. The first-order chi connectivity index (χ1) is 6.68. The predicted molar refractivity (Wildman–Crippen MR) is 53.9 cm³/mol. The van der Waals surface area contributed by atoms with E-state index in [4.69, 9.17) is 4.52 Å². The fourth-order valence-corrected chi connectivity index (χ4v) is 1.51. The summed E-state index contributed by atoms with van der Waals surface area (Å²) >= 11 is 0. The first-order valence-corrected chi connectivity index (χ1v) is 4.54. The second-order valence-corrected chi connectivity index (χ2v) is 3.39. The maximum atomic E-state index is 5.10. The van der Waals surface area contributed by atoms with Crippen molar-refractivity contribution in [3.05, 3.63) is 35.5 Å². The third-order valence-corrected chi connectivity index (χ3v) is 2.23. The number of aromatic nitrogens is 2. The summed E-state index contributed by atoms with van der Waals surface area (Å²) < 4.78 is 5.10. The Morgan fingerprint density at radius 3 is 2.43 bits per heavy atom. The lowest BCUT2D eigenvalue weighted by Crippen LogP contribution is -1.85. The number of nitrogens with zero attached hydrogens (tertiary/aromatic N) is 2. The Balaban J connectivity index is 2.54. The van der Waals surface area contributed by atoms with Crippen molar-refractivity contribution in [3.63, 3.8) is 0 Å². The van der Waals surface area contributed by atoms with Crippen LogP contribution in [0.3, 0.4) is 0 Å². The summed E-state index contributed by atoms with van der Waals surface area (Å²) in [6.07, 6.45) is 1.85. The van der Waals surface area contributed by atoms with Gasteiger partial charge in [0.15, 0.2) is 0 Å². The van der Waals surface area contributed by atoms with E-state index in [9.17, 15) is 0 Å². The lowest BCUT2D eigenvalue weighted by Gasteiger charge is -1.99. The van der Waals surface area contributed by atoms with Crippen LogP contribution in [0, 0.1) is 20.8 Å². The maximum Gasteiger partial charge on any atom is 0.141 e. The van der Waals surface area contributed by atoms with Crippen molar-refractivity contribution in [2.24, 2.45) is 0 Å². The van der Waals surface area contributed by atoms with E-state index in [1.165, 1.54) is 0 Å². The molecule has 0 saturated carbocycles. The van der Waals surface area contributed by atoms with Gasteiger partial charge in [0.1, 0.15) is 5.76 Å². The molecule has 0 atom stereocenters. The molecule has 0 aliphatic rings. The molecule has 72 valence electrons. The standard InChI is InChI=1S/C11H12N2O/c1-7-4-5-10(6-12-7)11-8(2)13-14-9(11)3/h4-6H,1-3H3. The summed E-state index contributed by atoms with van der Waals surface area (Å²) in [4.78, 5) is 4.25. The Kier molecular flexibility index (Phi) is 2.08. The van der Waals surface area contributed by atoms with Gasteiger partial charge in [0.25, 0.3) is 0 Å². The molecule has 0 saturated heterocycles. The largest absolute Gasteiger partial charge is 0.361 e. The van der Waals surface area contributed by atoms with Crippen LogP contribution in [-0.4, -0.2) is 10.1 Å². The van der Waals surface area contributed by atoms with Crippen molar-refractivity contribution in [1.29, 1.82) is 0 Å². The van der Waals surface area contributed by atoms with Crippen LogP contribution in [0.2, 0.25) is 0 Å². The van der Waals surface area contributed by atoms with Crippen LogP contribution in [0.1, 0.15) is 17.1 Å². The highest BCUT2D eigenvalue weighted by molar-refractivity contribution is 5.66. The molecule has 2 aromatic heterocycles. The molecule has 3 heteroatoms. The van der Waals surface area contributed by atoms with Crippen molar-refractivity contribution in [2.45, 2.75) is 20.8 Å². The second-order valence-electron chi connectivity index (χ2n) is 3.39. The van der Waals surface area contributed by atoms with E-state index in [1.807, 2.05) is 39.1 Å². The average Bonchev–Trinajstić information content (AvgIpc) is 2.49.